The van der Waals surface area contributed by atoms with Crippen molar-refractivity contribution in [2.45, 2.75) is 20.0 Å². The van der Waals surface area contributed by atoms with Crippen LogP contribution in [-0.4, -0.2) is 43.3 Å². The second-order valence-corrected chi connectivity index (χ2v) is 7.74. The van der Waals surface area contributed by atoms with Gasteiger partial charge in [-0.05, 0) is 48.9 Å². The molecule has 2 heterocycles. The molecule has 2 aromatic heterocycles. The van der Waals surface area contributed by atoms with Crippen LogP contribution >= 0.6 is 11.6 Å². The molecule has 13 heteroatoms. The standard InChI is InChI=1S/C23H22ClN7O5/c1-4-30-22(32)26-18(31(23(30)33)13-14-5-7-15(24)8-6-14)25-16-9-11-17(12-10-16)36-21-28-19(34-2)27-20(29-21)35-3/h5-12H,4,13H2,1-3H3,(H,25,26,32). The summed E-state index contributed by atoms with van der Waals surface area (Å²) < 4.78 is 18.2. The maximum atomic E-state index is 13.0. The van der Waals surface area contributed by atoms with Crippen molar-refractivity contribution in [2.24, 2.45) is 0 Å². The number of nitrogens with zero attached hydrogens (tertiary/aromatic N) is 6. The molecule has 0 spiro atoms. The van der Waals surface area contributed by atoms with Gasteiger partial charge in [-0.2, -0.15) is 4.98 Å². The summed E-state index contributed by atoms with van der Waals surface area (Å²) >= 11 is 5.97. The smallest absolute Gasteiger partial charge is 0.354 e. The van der Waals surface area contributed by atoms with Gasteiger partial charge in [0.05, 0.1) is 20.8 Å². The van der Waals surface area contributed by atoms with Crippen LogP contribution in [0, 0.1) is 0 Å². The van der Waals surface area contributed by atoms with E-state index in [1.165, 1.54) is 18.8 Å². The maximum absolute atomic E-state index is 13.0. The Kier molecular flexibility index (Phi) is 7.44. The monoisotopic (exact) mass is 511 g/mol. The Labute approximate surface area is 210 Å². The minimum Gasteiger partial charge on any atom is -0.467 e. The summed E-state index contributed by atoms with van der Waals surface area (Å²) in [6.07, 6.45) is 0. The zero-order valence-electron chi connectivity index (χ0n) is 19.6. The van der Waals surface area contributed by atoms with Gasteiger partial charge >= 0.3 is 29.4 Å². The zero-order chi connectivity index (χ0) is 25.7. The van der Waals surface area contributed by atoms with Crippen LogP contribution in [-0.2, 0) is 13.1 Å². The van der Waals surface area contributed by atoms with E-state index in [-0.39, 0.29) is 37.1 Å². The number of halogens is 1. The van der Waals surface area contributed by atoms with Crippen LogP contribution in [0.3, 0.4) is 0 Å². The Balaban J connectivity index is 1.60. The van der Waals surface area contributed by atoms with Crippen molar-refractivity contribution < 1.29 is 14.2 Å². The number of rotatable bonds is 9. The van der Waals surface area contributed by atoms with Gasteiger partial charge in [0.15, 0.2) is 0 Å². The van der Waals surface area contributed by atoms with E-state index in [1.807, 2.05) is 0 Å². The Hall–Kier alpha value is -4.45. The molecule has 0 aliphatic heterocycles. The molecule has 0 aliphatic carbocycles. The van der Waals surface area contributed by atoms with Crippen LogP contribution in [0.1, 0.15) is 12.5 Å². The van der Waals surface area contributed by atoms with E-state index in [0.717, 1.165) is 10.1 Å². The number of aromatic nitrogens is 6. The molecule has 0 saturated carbocycles. The Bertz CT molecular complexity index is 1450. The first-order valence-corrected chi connectivity index (χ1v) is 11.1. The summed E-state index contributed by atoms with van der Waals surface area (Å²) in [6.45, 7) is 2.10. The molecular formula is C23H22ClN7O5. The van der Waals surface area contributed by atoms with Crippen molar-refractivity contribution in [1.82, 2.24) is 29.1 Å². The maximum Gasteiger partial charge on any atom is 0.354 e. The van der Waals surface area contributed by atoms with Crippen molar-refractivity contribution >= 4 is 23.2 Å². The molecule has 36 heavy (non-hydrogen) atoms. The third kappa shape index (κ3) is 5.61. The molecule has 0 saturated heterocycles. The molecule has 0 bridgehead atoms. The van der Waals surface area contributed by atoms with Crippen molar-refractivity contribution in [2.75, 3.05) is 19.5 Å². The Morgan fingerprint density at radius 2 is 1.44 bits per heavy atom. The molecular weight excluding hydrogens is 490 g/mol. The normalized spacial score (nSPS) is 10.7. The Morgan fingerprint density at radius 3 is 2.03 bits per heavy atom. The molecule has 2 aromatic carbocycles. The largest absolute Gasteiger partial charge is 0.467 e. The summed E-state index contributed by atoms with van der Waals surface area (Å²) in [7, 11) is 2.83. The molecule has 0 unspecified atom stereocenters. The van der Waals surface area contributed by atoms with Gasteiger partial charge in [-0.1, -0.05) is 23.7 Å². The molecule has 1 N–H and O–H groups in total. The average Bonchev–Trinajstić information content (AvgIpc) is 2.88. The first-order chi connectivity index (χ1) is 17.4. The molecule has 4 aromatic rings. The van der Waals surface area contributed by atoms with E-state index in [4.69, 9.17) is 25.8 Å². The Morgan fingerprint density at radius 1 is 0.833 bits per heavy atom. The number of hydrogen-bond acceptors (Lipinski definition) is 10. The minimum absolute atomic E-state index is 0.0129. The van der Waals surface area contributed by atoms with Crippen LogP contribution < -0.4 is 30.9 Å². The molecule has 0 radical (unpaired) electrons. The number of anilines is 2. The van der Waals surface area contributed by atoms with Crippen molar-refractivity contribution in [3.8, 4) is 23.8 Å². The van der Waals surface area contributed by atoms with E-state index in [2.05, 4.69) is 25.3 Å². The molecule has 0 fully saturated rings. The summed E-state index contributed by atoms with van der Waals surface area (Å²) in [5.74, 6) is 0.522. The van der Waals surface area contributed by atoms with Gasteiger partial charge in [0.1, 0.15) is 5.75 Å². The van der Waals surface area contributed by atoms with Crippen molar-refractivity contribution in [1.29, 1.82) is 0 Å². The van der Waals surface area contributed by atoms with Crippen LogP contribution in [0.5, 0.6) is 23.8 Å². The summed E-state index contributed by atoms with van der Waals surface area (Å²) in [5, 5.41) is 3.62. The number of methoxy groups -OCH3 is 2. The minimum atomic E-state index is -0.643. The lowest BCUT2D eigenvalue weighted by Gasteiger charge is -2.15. The molecule has 186 valence electrons. The fourth-order valence-electron chi connectivity index (χ4n) is 3.20. The fourth-order valence-corrected chi connectivity index (χ4v) is 3.33. The predicted octanol–water partition coefficient (Wildman–Crippen LogP) is 2.86. The zero-order valence-corrected chi connectivity index (χ0v) is 20.4. The lowest BCUT2D eigenvalue weighted by molar-refractivity contribution is 0.320. The molecule has 4 rings (SSSR count). The lowest BCUT2D eigenvalue weighted by atomic mass is 10.2. The number of nitrogens with one attached hydrogen (secondary N) is 1. The predicted molar refractivity (Wildman–Crippen MR) is 132 cm³/mol. The van der Waals surface area contributed by atoms with Gasteiger partial charge in [-0.15, -0.1) is 15.0 Å². The number of benzene rings is 2. The molecule has 0 amide bonds. The quantitative estimate of drug-likeness (QED) is 0.357. The van der Waals surface area contributed by atoms with E-state index in [1.54, 1.807) is 55.5 Å². The highest BCUT2D eigenvalue weighted by molar-refractivity contribution is 6.30. The average molecular weight is 512 g/mol. The van der Waals surface area contributed by atoms with Crippen molar-refractivity contribution in [3.05, 3.63) is 80.1 Å². The van der Waals surface area contributed by atoms with Gasteiger partial charge in [0, 0.05) is 17.3 Å². The third-order valence-corrected chi connectivity index (χ3v) is 5.23. The van der Waals surface area contributed by atoms with Crippen LogP contribution in [0.15, 0.2) is 58.1 Å². The van der Waals surface area contributed by atoms with E-state index in [0.29, 0.717) is 16.5 Å². The van der Waals surface area contributed by atoms with Crippen LogP contribution in [0.4, 0.5) is 11.6 Å². The van der Waals surface area contributed by atoms with Crippen LogP contribution in [0.25, 0.3) is 0 Å². The summed E-state index contributed by atoms with van der Waals surface area (Å²) in [5.41, 5.74) is 0.265. The highest BCUT2D eigenvalue weighted by Gasteiger charge is 2.14. The number of ether oxygens (including phenoxy) is 3. The third-order valence-electron chi connectivity index (χ3n) is 4.98. The fraction of sp³-hybridized carbons (Fsp3) is 0.217. The van der Waals surface area contributed by atoms with Crippen molar-refractivity contribution in [3.63, 3.8) is 0 Å². The topological polar surface area (TPSA) is 135 Å². The molecule has 12 nitrogen and oxygen atoms in total. The van der Waals surface area contributed by atoms with Gasteiger partial charge in [-0.3, -0.25) is 4.57 Å². The van der Waals surface area contributed by atoms with E-state index < -0.39 is 11.4 Å². The van der Waals surface area contributed by atoms with Gasteiger partial charge in [0.2, 0.25) is 5.95 Å². The van der Waals surface area contributed by atoms with Gasteiger partial charge in [-0.25, -0.2) is 14.2 Å². The second kappa shape index (κ2) is 10.9. The number of hydrogen-bond donors (Lipinski definition) is 1. The SMILES string of the molecule is CCn1c(=O)nc(Nc2ccc(Oc3nc(OC)nc(OC)n3)cc2)n(Cc2ccc(Cl)cc2)c1=O. The van der Waals surface area contributed by atoms with E-state index in [9.17, 15) is 9.59 Å². The van der Waals surface area contributed by atoms with Gasteiger partial charge in [0.25, 0.3) is 0 Å². The molecule has 0 atom stereocenters. The highest BCUT2D eigenvalue weighted by Crippen LogP contribution is 2.24. The first-order valence-electron chi connectivity index (χ1n) is 10.7. The van der Waals surface area contributed by atoms with Gasteiger partial charge < -0.3 is 19.5 Å². The highest BCUT2D eigenvalue weighted by atomic mass is 35.5. The summed E-state index contributed by atoms with van der Waals surface area (Å²) in [6, 6.07) is 13.8. The van der Waals surface area contributed by atoms with Crippen LogP contribution in [0.2, 0.25) is 5.02 Å². The first kappa shape index (κ1) is 24.7. The van der Waals surface area contributed by atoms with E-state index >= 15 is 0 Å². The second-order valence-electron chi connectivity index (χ2n) is 7.30. The lowest BCUT2D eigenvalue weighted by Crippen LogP contribution is -2.42. The molecule has 0 aliphatic rings. The summed E-state index contributed by atoms with van der Waals surface area (Å²) in [4.78, 5) is 41.5.